The van der Waals surface area contributed by atoms with Crippen molar-refractivity contribution in [3.05, 3.63) is 23.9 Å². The van der Waals surface area contributed by atoms with E-state index < -0.39 is 11.6 Å². The fourth-order valence-corrected chi connectivity index (χ4v) is 2.30. The summed E-state index contributed by atoms with van der Waals surface area (Å²) < 4.78 is 26.4. The normalized spacial score (nSPS) is 21.9. The van der Waals surface area contributed by atoms with E-state index in [2.05, 4.69) is 23.7 Å². The molecule has 1 fully saturated rings. The van der Waals surface area contributed by atoms with Crippen molar-refractivity contribution in [2.24, 2.45) is 0 Å². The molecule has 0 radical (unpaired) electrons. The predicted molar refractivity (Wildman–Crippen MR) is 63.1 cm³/mol. The van der Waals surface area contributed by atoms with Crippen LogP contribution in [0.4, 0.5) is 14.6 Å². The van der Waals surface area contributed by atoms with E-state index in [4.69, 9.17) is 0 Å². The highest BCUT2D eigenvalue weighted by Gasteiger charge is 2.24. The van der Waals surface area contributed by atoms with Gasteiger partial charge in [-0.15, -0.1) is 0 Å². The average Bonchev–Trinajstić information content (AvgIpc) is 2.29. The first-order valence-electron chi connectivity index (χ1n) is 5.92. The Morgan fingerprint density at radius 1 is 1.41 bits per heavy atom. The fraction of sp³-hybridized carbons (Fsp3) is 0.583. The summed E-state index contributed by atoms with van der Waals surface area (Å²) in [5.41, 5.74) is 0. The van der Waals surface area contributed by atoms with Crippen molar-refractivity contribution in [3.63, 3.8) is 0 Å². The molecular formula is C12H17F2N3. The summed E-state index contributed by atoms with van der Waals surface area (Å²) in [6, 6.07) is 1.25. The van der Waals surface area contributed by atoms with Crippen LogP contribution in [-0.4, -0.2) is 42.1 Å². The first-order valence-corrected chi connectivity index (χ1v) is 5.92. The Balaban J connectivity index is 2.14. The molecule has 17 heavy (non-hydrogen) atoms. The molecule has 5 heteroatoms. The van der Waals surface area contributed by atoms with E-state index in [-0.39, 0.29) is 5.82 Å². The van der Waals surface area contributed by atoms with E-state index in [1.165, 1.54) is 0 Å². The number of piperazine rings is 1. The minimum absolute atomic E-state index is 0.258. The second-order valence-corrected chi connectivity index (χ2v) is 4.38. The third-order valence-corrected chi connectivity index (χ3v) is 3.26. The lowest BCUT2D eigenvalue weighted by molar-refractivity contribution is 0.198. The van der Waals surface area contributed by atoms with Gasteiger partial charge in [-0.05, 0) is 13.5 Å². The predicted octanol–water partition coefficient (Wildman–Crippen LogP) is 1.89. The second kappa shape index (κ2) is 4.96. The minimum Gasteiger partial charge on any atom is -0.351 e. The summed E-state index contributed by atoms with van der Waals surface area (Å²) in [7, 11) is 0. The topological polar surface area (TPSA) is 19.4 Å². The van der Waals surface area contributed by atoms with Crippen LogP contribution in [0, 0.1) is 11.6 Å². The smallest absolute Gasteiger partial charge is 0.168 e. The molecule has 2 heterocycles. The number of nitrogens with zero attached hydrogens (tertiary/aromatic N) is 3. The Kier molecular flexibility index (Phi) is 3.57. The summed E-state index contributed by atoms with van der Waals surface area (Å²) >= 11 is 0. The largest absolute Gasteiger partial charge is 0.351 e. The van der Waals surface area contributed by atoms with E-state index in [1.807, 2.05) is 4.90 Å². The van der Waals surface area contributed by atoms with E-state index in [0.717, 1.165) is 38.4 Å². The van der Waals surface area contributed by atoms with Crippen LogP contribution in [0.3, 0.4) is 0 Å². The highest BCUT2D eigenvalue weighted by atomic mass is 19.1. The van der Waals surface area contributed by atoms with Gasteiger partial charge in [0, 0.05) is 31.7 Å². The first kappa shape index (κ1) is 12.2. The second-order valence-electron chi connectivity index (χ2n) is 4.38. The molecule has 0 aromatic carbocycles. The first-order chi connectivity index (χ1) is 8.11. The maximum atomic E-state index is 13.6. The number of likely N-dealkylation sites (N-methyl/N-ethyl adjacent to an activating group) is 1. The molecule has 0 saturated carbocycles. The monoisotopic (exact) mass is 241 g/mol. The van der Waals surface area contributed by atoms with Crippen molar-refractivity contribution >= 4 is 5.82 Å². The van der Waals surface area contributed by atoms with Gasteiger partial charge >= 0.3 is 0 Å². The Morgan fingerprint density at radius 2 is 2.18 bits per heavy atom. The molecule has 0 bridgehead atoms. The quantitative estimate of drug-likeness (QED) is 0.788. The zero-order valence-electron chi connectivity index (χ0n) is 10.2. The maximum Gasteiger partial charge on any atom is 0.168 e. The Labute approximate surface area is 100 Å². The summed E-state index contributed by atoms with van der Waals surface area (Å²) in [5.74, 6) is -0.956. The zero-order valence-corrected chi connectivity index (χ0v) is 10.2. The lowest BCUT2D eigenvalue weighted by atomic mass is 10.2. The van der Waals surface area contributed by atoms with Crippen LogP contribution >= 0.6 is 0 Å². The summed E-state index contributed by atoms with van der Waals surface area (Å²) in [5, 5.41) is 0. The van der Waals surface area contributed by atoms with Gasteiger partial charge in [-0.25, -0.2) is 13.8 Å². The maximum absolute atomic E-state index is 13.6. The summed E-state index contributed by atoms with van der Waals surface area (Å²) in [6.07, 6.45) is 1.06. The van der Waals surface area contributed by atoms with Crippen molar-refractivity contribution in [3.8, 4) is 0 Å². The molecule has 0 N–H and O–H groups in total. The third kappa shape index (κ3) is 2.54. The van der Waals surface area contributed by atoms with Crippen LogP contribution in [0.25, 0.3) is 0 Å². The zero-order chi connectivity index (χ0) is 12.4. The third-order valence-electron chi connectivity index (χ3n) is 3.26. The van der Waals surface area contributed by atoms with E-state index in [1.54, 1.807) is 0 Å². The Bertz CT molecular complexity index is 397. The van der Waals surface area contributed by atoms with Crippen LogP contribution in [0.15, 0.2) is 12.3 Å². The van der Waals surface area contributed by atoms with Crippen LogP contribution < -0.4 is 4.90 Å². The van der Waals surface area contributed by atoms with Gasteiger partial charge in [0.1, 0.15) is 5.82 Å². The van der Waals surface area contributed by atoms with Crippen LogP contribution in [0.2, 0.25) is 0 Å². The minimum atomic E-state index is -0.633. The van der Waals surface area contributed by atoms with E-state index >= 15 is 0 Å². The average molecular weight is 241 g/mol. The van der Waals surface area contributed by atoms with Crippen molar-refractivity contribution in [1.82, 2.24) is 9.88 Å². The molecule has 1 aromatic rings. The van der Waals surface area contributed by atoms with Crippen LogP contribution in [0.1, 0.15) is 13.8 Å². The van der Waals surface area contributed by atoms with Crippen LogP contribution in [0.5, 0.6) is 0 Å². The van der Waals surface area contributed by atoms with Crippen molar-refractivity contribution < 1.29 is 8.78 Å². The molecule has 1 atom stereocenters. The van der Waals surface area contributed by atoms with Gasteiger partial charge in [0.25, 0.3) is 0 Å². The molecule has 0 spiro atoms. The Morgan fingerprint density at radius 3 is 2.76 bits per heavy atom. The van der Waals surface area contributed by atoms with Gasteiger partial charge in [-0.1, -0.05) is 6.92 Å². The number of aromatic nitrogens is 1. The van der Waals surface area contributed by atoms with E-state index in [0.29, 0.717) is 6.04 Å². The van der Waals surface area contributed by atoms with Gasteiger partial charge in [-0.2, -0.15) is 0 Å². The molecule has 1 aliphatic rings. The molecule has 1 aromatic heterocycles. The SMILES string of the molecule is CCN1CCN(c2ncc(F)cc2F)CC1C. The summed E-state index contributed by atoms with van der Waals surface area (Å²) in [6.45, 7) is 7.56. The number of pyridine rings is 1. The molecule has 1 saturated heterocycles. The number of hydrogen-bond donors (Lipinski definition) is 0. The van der Waals surface area contributed by atoms with Gasteiger partial charge in [0.15, 0.2) is 11.6 Å². The number of halogens is 2. The number of rotatable bonds is 2. The van der Waals surface area contributed by atoms with Gasteiger partial charge in [-0.3, -0.25) is 4.90 Å². The number of hydrogen-bond acceptors (Lipinski definition) is 3. The van der Waals surface area contributed by atoms with Gasteiger partial charge in [0.2, 0.25) is 0 Å². The molecule has 0 aliphatic carbocycles. The summed E-state index contributed by atoms with van der Waals surface area (Å²) in [4.78, 5) is 8.06. The van der Waals surface area contributed by atoms with Crippen molar-refractivity contribution in [1.29, 1.82) is 0 Å². The molecule has 94 valence electrons. The Hall–Kier alpha value is -1.23. The molecule has 1 unspecified atom stereocenters. The highest BCUT2D eigenvalue weighted by molar-refractivity contribution is 5.40. The lowest BCUT2D eigenvalue weighted by Crippen LogP contribution is -2.52. The van der Waals surface area contributed by atoms with Gasteiger partial charge in [0.05, 0.1) is 6.20 Å². The molecular weight excluding hydrogens is 224 g/mol. The lowest BCUT2D eigenvalue weighted by Gasteiger charge is -2.39. The molecule has 1 aliphatic heterocycles. The van der Waals surface area contributed by atoms with Crippen molar-refractivity contribution in [2.45, 2.75) is 19.9 Å². The molecule has 2 rings (SSSR count). The van der Waals surface area contributed by atoms with Crippen molar-refractivity contribution in [2.75, 3.05) is 31.1 Å². The van der Waals surface area contributed by atoms with Gasteiger partial charge < -0.3 is 4.90 Å². The standard InChI is InChI=1S/C12H17F2N3/c1-3-16-4-5-17(8-9(16)2)12-11(14)6-10(13)7-15-12/h6-7,9H,3-5,8H2,1-2H3. The molecule has 3 nitrogen and oxygen atoms in total. The highest BCUT2D eigenvalue weighted by Crippen LogP contribution is 2.20. The number of anilines is 1. The molecule has 0 amide bonds. The van der Waals surface area contributed by atoms with E-state index in [9.17, 15) is 8.78 Å². The van der Waals surface area contributed by atoms with Crippen LogP contribution in [-0.2, 0) is 0 Å². The fourth-order valence-electron chi connectivity index (χ4n) is 2.30.